The van der Waals surface area contributed by atoms with Crippen molar-refractivity contribution in [3.63, 3.8) is 0 Å². The molecule has 1 atom stereocenters. The molecule has 2 aromatic heterocycles. The molecule has 0 bridgehead atoms. The van der Waals surface area contributed by atoms with Crippen LogP contribution in [0.15, 0.2) is 30.6 Å². The van der Waals surface area contributed by atoms with Gasteiger partial charge in [0.15, 0.2) is 0 Å². The number of hydrogen-bond acceptors (Lipinski definition) is 3. The molecule has 112 valence electrons. The van der Waals surface area contributed by atoms with E-state index in [1.165, 1.54) is 37.1 Å². The smallest absolute Gasteiger partial charge is 0.0596 e. The maximum absolute atomic E-state index is 4.62. The first kappa shape index (κ1) is 14.3. The first-order valence-electron chi connectivity index (χ1n) is 7.86. The Morgan fingerprint density at radius 1 is 1.29 bits per heavy atom. The molecular formula is C17H24N4. The highest BCUT2D eigenvalue weighted by Gasteiger charge is 2.23. The highest BCUT2D eigenvalue weighted by molar-refractivity contribution is 5.09. The van der Waals surface area contributed by atoms with E-state index >= 15 is 0 Å². The van der Waals surface area contributed by atoms with Gasteiger partial charge in [-0.2, -0.15) is 5.10 Å². The van der Waals surface area contributed by atoms with Gasteiger partial charge in [-0.1, -0.05) is 12.5 Å². The Balaban J connectivity index is 1.71. The summed E-state index contributed by atoms with van der Waals surface area (Å²) >= 11 is 0. The minimum Gasteiger partial charge on any atom is -0.294 e. The molecule has 1 unspecified atom stereocenters. The van der Waals surface area contributed by atoms with Gasteiger partial charge in [0.05, 0.1) is 12.2 Å². The normalized spacial score (nSPS) is 19.8. The van der Waals surface area contributed by atoms with Crippen LogP contribution in [0.4, 0.5) is 0 Å². The van der Waals surface area contributed by atoms with Crippen LogP contribution >= 0.6 is 0 Å². The number of nitrogens with zero attached hydrogens (tertiary/aromatic N) is 4. The fourth-order valence-electron chi connectivity index (χ4n) is 3.26. The van der Waals surface area contributed by atoms with Crippen LogP contribution in [0.2, 0.25) is 0 Å². The summed E-state index contributed by atoms with van der Waals surface area (Å²) in [4.78, 5) is 6.83. The Kier molecular flexibility index (Phi) is 4.34. The quantitative estimate of drug-likeness (QED) is 0.865. The van der Waals surface area contributed by atoms with Gasteiger partial charge in [-0.05, 0) is 50.9 Å². The number of pyridine rings is 1. The molecule has 1 fully saturated rings. The maximum Gasteiger partial charge on any atom is 0.0596 e. The van der Waals surface area contributed by atoms with Crippen LogP contribution in [0, 0.1) is 13.8 Å². The minimum atomic E-state index is 0.581. The van der Waals surface area contributed by atoms with E-state index in [0.29, 0.717) is 6.04 Å². The van der Waals surface area contributed by atoms with Gasteiger partial charge >= 0.3 is 0 Å². The van der Waals surface area contributed by atoms with Crippen molar-refractivity contribution in [2.45, 2.75) is 52.2 Å². The van der Waals surface area contributed by atoms with Crippen LogP contribution in [0.25, 0.3) is 0 Å². The van der Waals surface area contributed by atoms with Gasteiger partial charge in [0, 0.05) is 30.7 Å². The lowest BCUT2D eigenvalue weighted by atomic mass is 10.0. The predicted molar refractivity (Wildman–Crippen MR) is 84.0 cm³/mol. The molecule has 3 rings (SSSR count). The number of likely N-dealkylation sites (tertiary alicyclic amines) is 1. The van der Waals surface area contributed by atoms with E-state index < -0.39 is 0 Å². The van der Waals surface area contributed by atoms with Gasteiger partial charge in [0.2, 0.25) is 0 Å². The van der Waals surface area contributed by atoms with Gasteiger partial charge in [-0.15, -0.1) is 0 Å². The average molecular weight is 284 g/mol. The number of piperidine rings is 1. The Labute approximate surface area is 126 Å². The lowest BCUT2D eigenvalue weighted by molar-refractivity contribution is 0.121. The molecule has 2 aromatic rings. The number of aromatic nitrogens is 3. The van der Waals surface area contributed by atoms with Crippen molar-refractivity contribution in [3.8, 4) is 0 Å². The second kappa shape index (κ2) is 6.39. The second-order valence-electron chi connectivity index (χ2n) is 6.09. The van der Waals surface area contributed by atoms with Gasteiger partial charge in [0.25, 0.3) is 0 Å². The van der Waals surface area contributed by atoms with E-state index in [1.807, 2.05) is 18.5 Å². The Hall–Kier alpha value is -1.68. The van der Waals surface area contributed by atoms with E-state index in [2.05, 4.69) is 45.6 Å². The topological polar surface area (TPSA) is 34.0 Å². The van der Waals surface area contributed by atoms with Gasteiger partial charge in [-0.25, -0.2) is 0 Å². The molecule has 0 N–H and O–H groups in total. The van der Waals surface area contributed by atoms with Crippen molar-refractivity contribution in [2.75, 3.05) is 6.54 Å². The molecule has 4 nitrogen and oxygen atoms in total. The Morgan fingerprint density at radius 2 is 2.19 bits per heavy atom. The molecule has 1 aliphatic heterocycles. The van der Waals surface area contributed by atoms with Crippen molar-refractivity contribution in [3.05, 3.63) is 47.5 Å². The molecule has 1 saturated heterocycles. The van der Waals surface area contributed by atoms with Crippen LogP contribution in [0.3, 0.4) is 0 Å². The van der Waals surface area contributed by atoms with Crippen LogP contribution in [0.5, 0.6) is 0 Å². The fourth-order valence-corrected chi connectivity index (χ4v) is 3.26. The van der Waals surface area contributed by atoms with E-state index in [0.717, 1.165) is 18.8 Å². The molecule has 0 aromatic carbocycles. The van der Waals surface area contributed by atoms with Gasteiger partial charge in [0.1, 0.15) is 0 Å². The largest absolute Gasteiger partial charge is 0.294 e. The number of aryl methyl sites for hydroxylation is 2. The maximum atomic E-state index is 4.62. The lowest BCUT2D eigenvalue weighted by Crippen LogP contribution is -2.41. The number of hydrogen-bond donors (Lipinski definition) is 0. The zero-order valence-corrected chi connectivity index (χ0v) is 13.0. The lowest BCUT2D eigenvalue weighted by Gasteiger charge is -2.35. The summed E-state index contributed by atoms with van der Waals surface area (Å²) in [5.74, 6) is 0. The monoisotopic (exact) mass is 284 g/mol. The van der Waals surface area contributed by atoms with Crippen molar-refractivity contribution in [2.24, 2.45) is 0 Å². The summed E-state index contributed by atoms with van der Waals surface area (Å²) < 4.78 is 2.17. The van der Waals surface area contributed by atoms with Crippen LogP contribution in [-0.2, 0) is 13.1 Å². The molecule has 3 heterocycles. The fraction of sp³-hybridized carbons (Fsp3) is 0.529. The third-order valence-corrected chi connectivity index (χ3v) is 4.34. The van der Waals surface area contributed by atoms with E-state index in [4.69, 9.17) is 0 Å². The first-order chi connectivity index (χ1) is 10.2. The third-order valence-electron chi connectivity index (χ3n) is 4.34. The Bertz CT molecular complexity index is 576. The standard InChI is InChI=1S/C17H24N4/c1-14-10-15(2)21(19-14)13-17-7-3-4-9-20(17)12-16-6-5-8-18-11-16/h5-6,8,10-11,17H,3-4,7,9,12-13H2,1-2H3. The molecule has 0 radical (unpaired) electrons. The molecule has 0 saturated carbocycles. The second-order valence-corrected chi connectivity index (χ2v) is 6.09. The molecule has 1 aliphatic rings. The molecular weight excluding hydrogens is 260 g/mol. The molecule has 0 aliphatic carbocycles. The summed E-state index contributed by atoms with van der Waals surface area (Å²) in [6.45, 7) is 7.39. The van der Waals surface area contributed by atoms with E-state index in [-0.39, 0.29) is 0 Å². The Morgan fingerprint density at radius 3 is 2.90 bits per heavy atom. The van der Waals surface area contributed by atoms with Crippen LogP contribution in [0.1, 0.15) is 36.2 Å². The van der Waals surface area contributed by atoms with Crippen molar-refractivity contribution in [1.29, 1.82) is 0 Å². The SMILES string of the molecule is Cc1cc(C)n(CC2CCCCN2Cc2cccnc2)n1. The van der Waals surface area contributed by atoms with Gasteiger partial charge < -0.3 is 0 Å². The van der Waals surface area contributed by atoms with Gasteiger partial charge in [-0.3, -0.25) is 14.6 Å². The highest BCUT2D eigenvalue weighted by Crippen LogP contribution is 2.21. The predicted octanol–water partition coefficient (Wildman–Crippen LogP) is 2.95. The van der Waals surface area contributed by atoms with Crippen molar-refractivity contribution >= 4 is 0 Å². The number of rotatable bonds is 4. The molecule has 0 amide bonds. The minimum absolute atomic E-state index is 0.581. The first-order valence-corrected chi connectivity index (χ1v) is 7.86. The summed E-state index contributed by atoms with van der Waals surface area (Å²) in [6, 6.07) is 6.93. The summed E-state index contributed by atoms with van der Waals surface area (Å²) in [6.07, 6.45) is 7.71. The van der Waals surface area contributed by atoms with Crippen molar-refractivity contribution < 1.29 is 0 Å². The molecule has 21 heavy (non-hydrogen) atoms. The molecule has 4 heteroatoms. The summed E-state index contributed by atoms with van der Waals surface area (Å²) in [7, 11) is 0. The summed E-state index contributed by atoms with van der Waals surface area (Å²) in [5.41, 5.74) is 3.68. The van der Waals surface area contributed by atoms with E-state index in [1.54, 1.807) is 0 Å². The zero-order valence-electron chi connectivity index (χ0n) is 13.0. The van der Waals surface area contributed by atoms with E-state index in [9.17, 15) is 0 Å². The van der Waals surface area contributed by atoms with Crippen LogP contribution in [-0.4, -0.2) is 32.3 Å². The average Bonchev–Trinajstić information content (AvgIpc) is 2.80. The highest BCUT2D eigenvalue weighted by atomic mass is 15.3. The molecule has 0 spiro atoms. The zero-order chi connectivity index (χ0) is 14.7. The van der Waals surface area contributed by atoms with Crippen molar-refractivity contribution in [1.82, 2.24) is 19.7 Å². The summed E-state index contributed by atoms with van der Waals surface area (Å²) in [5, 5.41) is 4.62. The van der Waals surface area contributed by atoms with Crippen LogP contribution < -0.4 is 0 Å². The third kappa shape index (κ3) is 3.50.